The highest BCUT2D eigenvalue weighted by Crippen LogP contribution is 2.27. The molecule has 0 saturated carbocycles. The van der Waals surface area contributed by atoms with Gasteiger partial charge in [-0.3, -0.25) is 9.10 Å². The SMILES string of the molecule is Cc1ccccc1N(CC(=O)NCC1Cc2ccccc2O1)S(C)(=O)=O. The Labute approximate surface area is 153 Å². The second-order valence-electron chi connectivity index (χ2n) is 6.41. The summed E-state index contributed by atoms with van der Waals surface area (Å²) in [5.41, 5.74) is 2.42. The predicted octanol–water partition coefficient (Wildman–Crippen LogP) is 1.88. The summed E-state index contributed by atoms with van der Waals surface area (Å²) in [7, 11) is -3.58. The number of nitrogens with zero attached hydrogens (tertiary/aromatic N) is 1. The highest BCUT2D eigenvalue weighted by Gasteiger charge is 2.25. The number of anilines is 1. The molecule has 6 nitrogen and oxygen atoms in total. The number of rotatable bonds is 6. The Morgan fingerprint density at radius 2 is 1.88 bits per heavy atom. The molecule has 0 bridgehead atoms. The Balaban J connectivity index is 1.62. The summed E-state index contributed by atoms with van der Waals surface area (Å²) in [6.45, 7) is 1.89. The number of benzene rings is 2. The summed E-state index contributed by atoms with van der Waals surface area (Å²) in [6.07, 6.45) is 1.69. The molecule has 7 heteroatoms. The van der Waals surface area contributed by atoms with Gasteiger partial charge in [-0.05, 0) is 30.2 Å². The van der Waals surface area contributed by atoms with Crippen LogP contribution in [0.3, 0.4) is 0 Å². The number of hydrogen-bond acceptors (Lipinski definition) is 4. The number of aryl methyl sites for hydroxylation is 1. The van der Waals surface area contributed by atoms with Gasteiger partial charge in [-0.25, -0.2) is 8.42 Å². The van der Waals surface area contributed by atoms with Gasteiger partial charge in [-0.15, -0.1) is 0 Å². The lowest BCUT2D eigenvalue weighted by molar-refractivity contribution is -0.119. The van der Waals surface area contributed by atoms with E-state index < -0.39 is 10.0 Å². The van der Waals surface area contributed by atoms with Crippen LogP contribution in [-0.2, 0) is 21.2 Å². The van der Waals surface area contributed by atoms with Crippen molar-refractivity contribution in [2.24, 2.45) is 0 Å². The van der Waals surface area contributed by atoms with E-state index in [9.17, 15) is 13.2 Å². The van der Waals surface area contributed by atoms with Gasteiger partial charge in [0.25, 0.3) is 0 Å². The first-order valence-electron chi connectivity index (χ1n) is 8.39. The molecule has 1 heterocycles. The van der Waals surface area contributed by atoms with Gasteiger partial charge < -0.3 is 10.1 Å². The molecule has 1 atom stereocenters. The minimum atomic E-state index is -3.58. The lowest BCUT2D eigenvalue weighted by Crippen LogP contribution is -2.43. The molecule has 0 aromatic heterocycles. The summed E-state index contributed by atoms with van der Waals surface area (Å²) >= 11 is 0. The van der Waals surface area contributed by atoms with Crippen molar-refractivity contribution in [2.45, 2.75) is 19.4 Å². The average Bonchev–Trinajstić information content (AvgIpc) is 3.01. The summed E-state index contributed by atoms with van der Waals surface area (Å²) < 4.78 is 31.2. The Morgan fingerprint density at radius 1 is 1.19 bits per heavy atom. The molecule has 0 spiro atoms. The zero-order valence-corrected chi connectivity index (χ0v) is 15.6. The normalized spacial score (nSPS) is 15.8. The molecule has 1 N–H and O–H groups in total. The molecule has 0 radical (unpaired) electrons. The first-order chi connectivity index (χ1) is 12.3. The van der Waals surface area contributed by atoms with Crippen LogP contribution in [0, 0.1) is 6.92 Å². The monoisotopic (exact) mass is 374 g/mol. The Bertz CT molecular complexity index is 886. The zero-order valence-electron chi connectivity index (χ0n) is 14.8. The molecular formula is C19H22N2O4S. The molecule has 1 unspecified atom stereocenters. The number of para-hydroxylation sites is 2. The lowest BCUT2D eigenvalue weighted by Gasteiger charge is -2.23. The summed E-state index contributed by atoms with van der Waals surface area (Å²) in [4.78, 5) is 12.3. The van der Waals surface area contributed by atoms with Gasteiger partial charge in [0.2, 0.25) is 15.9 Å². The summed E-state index contributed by atoms with van der Waals surface area (Å²) in [5.74, 6) is 0.475. The van der Waals surface area contributed by atoms with Crippen LogP contribution in [0.5, 0.6) is 5.75 Å². The van der Waals surface area contributed by atoms with E-state index in [1.54, 1.807) is 12.1 Å². The molecule has 3 rings (SSSR count). The number of nitrogens with one attached hydrogen (secondary N) is 1. The van der Waals surface area contributed by atoms with E-state index in [2.05, 4.69) is 5.32 Å². The number of carbonyl (C=O) groups is 1. The third-order valence-electron chi connectivity index (χ3n) is 4.31. The first-order valence-corrected chi connectivity index (χ1v) is 10.2. The van der Waals surface area contributed by atoms with E-state index in [0.29, 0.717) is 12.2 Å². The molecule has 2 aromatic rings. The van der Waals surface area contributed by atoms with Crippen LogP contribution < -0.4 is 14.4 Å². The number of amides is 1. The van der Waals surface area contributed by atoms with Crippen molar-refractivity contribution in [3.8, 4) is 5.75 Å². The third kappa shape index (κ3) is 4.16. The van der Waals surface area contributed by atoms with E-state index >= 15 is 0 Å². The fourth-order valence-corrected chi connectivity index (χ4v) is 3.92. The minimum Gasteiger partial charge on any atom is -0.488 e. The zero-order chi connectivity index (χ0) is 18.7. The Kier molecular flexibility index (Phi) is 5.18. The van der Waals surface area contributed by atoms with Gasteiger partial charge in [0, 0.05) is 6.42 Å². The average molecular weight is 374 g/mol. The minimum absolute atomic E-state index is 0.138. The van der Waals surface area contributed by atoms with Crippen molar-refractivity contribution in [3.63, 3.8) is 0 Å². The van der Waals surface area contributed by atoms with Crippen LogP contribution in [0.4, 0.5) is 5.69 Å². The molecule has 0 fully saturated rings. The van der Waals surface area contributed by atoms with E-state index in [1.165, 1.54) is 0 Å². The maximum Gasteiger partial charge on any atom is 0.240 e. The van der Waals surface area contributed by atoms with Crippen LogP contribution in [-0.4, -0.2) is 39.8 Å². The molecule has 0 saturated heterocycles. The van der Waals surface area contributed by atoms with Crippen molar-refractivity contribution in [2.75, 3.05) is 23.7 Å². The largest absolute Gasteiger partial charge is 0.488 e. The van der Waals surface area contributed by atoms with Crippen molar-refractivity contribution < 1.29 is 17.9 Å². The molecular weight excluding hydrogens is 352 g/mol. The van der Waals surface area contributed by atoms with Crippen LogP contribution in [0.15, 0.2) is 48.5 Å². The van der Waals surface area contributed by atoms with Gasteiger partial charge in [0.15, 0.2) is 0 Å². The summed E-state index contributed by atoms with van der Waals surface area (Å²) in [5, 5.41) is 2.78. The maximum absolute atomic E-state index is 12.3. The van der Waals surface area contributed by atoms with Gasteiger partial charge in [0.1, 0.15) is 18.4 Å². The number of hydrogen-bond donors (Lipinski definition) is 1. The standard InChI is InChI=1S/C19H22N2O4S/c1-14-7-3-5-9-17(14)21(26(2,23)24)13-19(22)20-12-16-11-15-8-4-6-10-18(15)25-16/h3-10,16H,11-13H2,1-2H3,(H,20,22). The maximum atomic E-state index is 12.3. The lowest BCUT2D eigenvalue weighted by atomic mass is 10.1. The second kappa shape index (κ2) is 7.37. The van der Waals surface area contributed by atoms with E-state index in [0.717, 1.165) is 33.9 Å². The van der Waals surface area contributed by atoms with Crippen LogP contribution in [0.25, 0.3) is 0 Å². The van der Waals surface area contributed by atoms with Crippen LogP contribution in [0.2, 0.25) is 0 Å². The molecule has 138 valence electrons. The van der Waals surface area contributed by atoms with Gasteiger partial charge in [0.05, 0.1) is 18.5 Å². The van der Waals surface area contributed by atoms with E-state index in [4.69, 9.17) is 4.74 Å². The van der Waals surface area contributed by atoms with Crippen molar-refractivity contribution in [1.29, 1.82) is 0 Å². The topological polar surface area (TPSA) is 75.7 Å². The molecule has 0 aliphatic carbocycles. The molecule has 26 heavy (non-hydrogen) atoms. The van der Waals surface area contributed by atoms with E-state index in [-0.39, 0.29) is 18.6 Å². The second-order valence-corrected chi connectivity index (χ2v) is 8.32. The first kappa shape index (κ1) is 18.3. The number of sulfonamides is 1. The molecule has 1 aliphatic rings. The highest BCUT2D eigenvalue weighted by molar-refractivity contribution is 7.92. The van der Waals surface area contributed by atoms with Gasteiger partial charge in [-0.2, -0.15) is 0 Å². The third-order valence-corrected chi connectivity index (χ3v) is 5.44. The predicted molar refractivity (Wildman–Crippen MR) is 101 cm³/mol. The smallest absolute Gasteiger partial charge is 0.240 e. The Morgan fingerprint density at radius 3 is 2.58 bits per heavy atom. The van der Waals surface area contributed by atoms with Crippen molar-refractivity contribution in [1.82, 2.24) is 5.32 Å². The molecule has 1 amide bonds. The highest BCUT2D eigenvalue weighted by atomic mass is 32.2. The fourth-order valence-electron chi connectivity index (χ4n) is 3.01. The van der Waals surface area contributed by atoms with Crippen molar-refractivity contribution >= 4 is 21.6 Å². The van der Waals surface area contributed by atoms with E-state index in [1.807, 2.05) is 43.3 Å². The number of fused-ring (bicyclic) bond motifs is 1. The van der Waals surface area contributed by atoms with Gasteiger partial charge >= 0.3 is 0 Å². The Hall–Kier alpha value is -2.54. The van der Waals surface area contributed by atoms with Crippen LogP contribution in [0.1, 0.15) is 11.1 Å². The van der Waals surface area contributed by atoms with Crippen LogP contribution >= 0.6 is 0 Å². The van der Waals surface area contributed by atoms with Crippen molar-refractivity contribution in [3.05, 3.63) is 59.7 Å². The number of carbonyl (C=O) groups excluding carboxylic acids is 1. The molecule has 2 aromatic carbocycles. The molecule has 1 aliphatic heterocycles. The quantitative estimate of drug-likeness (QED) is 0.838. The summed E-state index contributed by atoms with van der Waals surface area (Å²) in [6, 6.07) is 14.9. The van der Waals surface area contributed by atoms with Gasteiger partial charge in [-0.1, -0.05) is 36.4 Å². The fraction of sp³-hybridized carbons (Fsp3) is 0.316. The number of ether oxygens (including phenoxy) is 1.